The van der Waals surface area contributed by atoms with E-state index in [4.69, 9.17) is 5.26 Å². The fourth-order valence-electron chi connectivity index (χ4n) is 1.95. The molecule has 0 radical (unpaired) electrons. The molecule has 0 aliphatic heterocycles. The maximum absolute atomic E-state index is 8.73. The van der Waals surface area contributed by atoms with E-state index in [9.17, 15) is 0 Å². The molecule has 1 rings (SSSR count). The van der Waals surface area contributed by atoms with Crippen LogP contribution in [0.3, 0.4) is 0 Å². The molecule has 0 saturated carbocycles. The molecule has 13 heavy (non-hydrogen) atoms. The van der Waals surface area contributed by atoms with Crippen LogP contribution in [0, 0.1) is 22.7 Å². The predicted molar refractivity (Wildman–Crippen MR) is 55.0 cm³/mol. The molecule has 0 heterocycles. The number of allylic oxidation sites excluding steroid dienone is 4. The van der Waals surface area contributed by atoms with E-state index >= 15 is 0 Å². The van der Waals surface area contributed by atoms with E-state index in [0.717, 1.165) is 12.0 Å². The summed E-state index contributed by atoms with van der Waals surface area (Å²) in [6, 6.07) is 2.19. The van der Waals surface area contributed by atoms with E-state index in [1.54, 1.807) is 0 Å². The molecule has 0 N–H and O–H groups in total. The van der Waals surface area contributed by atoms with Crippen LogP contribution in [0.2, 0.25) is 0 Å². The van der Waals surface area contributed by atoms with Gasteiger partial charge in [-0.1, -0.05) is 32.4 Å². The summed E-state index contributed by atoms with van der Waals surface area (Å²) < 4.78 is 0. The van der Waals surface area contributed by atoms with Crippen molar-refractivity contribution < 1.29 is 0 Å². The summed E-state index contributed by atoms with van der Waals surface area (Å²) in [7, 11) is 0. The Hall–Kier alpha value is -1.03. The molecule has 0 amide bonds. The molecule has 0 saturated heterocycles. The third-order valence-corrected chi connectivity index (χ3v) is 2.68. The highest BCUT2D eigenvalue weighted by atomic mass is 14.3. The lowest BCUT2D eigenvalue weighted by Gasteiger charge is -2.32. The molecule has 0 fully saturated rings. The van der Waals surface area contributed by atoms with Crippen molar-refractivity contribution in [1.29, 1.82) is 5.26 Å². The van der Waals surface area contributed by atoms with Gasteiger partial charge in [0.15, 0.2) is 0 Å². The summed E-state index contributed by atoms with van der Waals surface area (Å²) in [5.74, 6) is 0.588. The maximum Gasteiger partial charge on any atom is 0.0988 e. The lowest BCUT2D eigenvalue weighted by atomic mass is 9.72. The average Bonchev–Trinajstić information content (AvgIpc) is 2.01. The highest BCUT2D eigenvalue weighted by molar-refractivity contribution is 5.39. The summed E-state index contributed by atoms with van der Waals surface area (Å²) in [5, 5.41) is 8.73. The topological polar surface area (TPSA) is 23.8 Å². The Balaban J connectivity index is 2.87. The minimum Gasteiger partial charge on any atom is -0.192 e. The van der Waals surface area contributed by atoms with Crippen LogP contribution in [0.5, 0.6) is 0 Å². The van der Waals surface area contributed by atoms with E-state index in [1.165, 1.54) is 5.57 Å². The first-order valence-electron chi connectivity index (χ1n) is 4.73. The molecule has 1 heteroatoms. The molecule has 1 atom stereocenters. The second-order valence-corrected chi connectivity index (χ2v) is 4.81. The van der Waals surface area contributed by atoms with Crippen LogP contribution in [-0.2, 0) is 0 Å². The van der Waals surface area contributed by atoms with E-state index in [1.807, 2.05) is 12.2 Å². The van der Waals surface area contributed by atoms with E-state index in [0.29, 0.717) is 11.3 Å². The minimum atomic E-state index is 0.304. The van der Waals surface area contributed by atoms with Crippen molar-refractivity contribution in [3.05, 3.63) is 23.3 Å². The van der Waals surface area contributed by atoms with Gasteiger partial charge in [-0.25, -0.2) is 0 Å². The van der Waals surface area contributed by atoms with Gasteiger partial charge in [-0.3, -0.25) is 0 Å². The highest BCUT2D eigenvalue weighted by Gasteiger charge is 2.26. The van der Waals surface area contributed by atoms with Crippen LogP contribution < -0.4 is 0 Å². The second-order valence-electron chi connectivity index (χ2n) is 4.81. The average molecular weight is 175 g/mol. The Kier molecular flexibility index (Phi) is 2.61. The van der Waals surface area contributed by atoms with Gasteiger partial charge in [-0.15, -0.1) is 0 Å². The van der Waals surface area contributed by atoms with Crippen LogP contribution in [-0.4, -0.2) is 0 Å². The second kappa shape index (κ2) is 3.38. The molecule has 0 aromatic heterocycles. The van der Waals surface area contributed by atoms with Gasteiger partial charge in [0.2, 0.25) is 0 Å². The molecule has 0 aromatic rings. The van der Waals surface area contributed by atoms with Crippen molar-refractivity contribution in [3.63, 3.8) is 0 Å². The van der Waals surface area contributed by atoms with Gasteiger partial charge >= 0.3 is 0 Å². The van der Waals surface area contributed by atoms with Crippen LogP contribution >= 0.6 is 0 Å². The monoisotopic (exact) mass is 175 g/mol. The molecule has 70 valence electrons. The first-order valence-corrected chi connectivity index (χ1v) is 4.73. The quantitative estimate of drug-likeness (QED) is 0.553. The predicted octanol–water partition coefficient (Wildman–Crippen LogP) is 3.45. The molecular formula is C12H17N. The zero-order valence-corrected chi connectivity index (χ0v) is 8.89. The summed E-state index contributed by atoms with van der Waals surface area (Å²) in [4.78, 5) is 0. The molecule has 1 aliphatic carbocycles. The van der Waals surface area contributed by atoms with Crippen molar-refractivity contribution in [2.75, 3.05) is 0 Å². The van der Waals surface area contributed by atoms with Gasteiger partial charge in [0, 0.05) is 5.57 Å². The lowest BCUT2D eigenvalue weighted by molar-refractivity contribution is 0.279. The number of hydrogen-bond acceptors (Lipinski definition) is 1. The zero-order valence-electron chi connectivity index (χ0n) is 8.89. The van der Waals surface area contributed by atoms with Gasteiger partial charge in [0.1, 0.15) is 0 Å². The third kappa shape index (κ3) is 2.21. The van der Waals surface area contributed by atoms with Gasteiger partial charge in [0.25, 0.3) is 0 Å². The molecular weight excluding hydrogens is 158 g/mol. The Bertz CT molecular complexity index is 294. The smallest absolute Gasteiger partial charge is 0.0988 e. The summed E-state index contributed by atoms with van der Waals surface area (Å²) in [5.41, 5.74) is 2.46. The number of hydrogen-bond donors (Lipinski definition) is 0. The number of nitrogens with zero attached hydrogens (tertiary/aromatic N) is 1. The van der Waals surface area contributed by atoms with Gasteiger partial charge in [0.05, 0.1) is 6.07 Å². The molecule has 0 spiro atoms. The summed E-state index contributed by atoms with van der Waals surface area (Å²) >= 11 is 0. The fraction of sp³-hybridized carbons (Fsp3) is 0.583. The largest absolute Gasteiger partial charge is 0.192 e. The van der Waals surface area contributed by atoms with E-state index in [2.05, 4.69) is 33.8 Å². The van der Waals surface area contributed by atoms with Gasteiger partial charge in [-0.2, -0.15) is 5.26 Å². The third-order valence-electron chi connectivity index (χ3n) is 2.68. The lowest BCUT2D eigenvalue weighted by Crippen LogP contribution is -2.22. The summed E-state index contributed by atoms with van der Waals surface area (Å²) in [6.07, 6.45) is 5.07. The van der Waals surface area contributed by atoms with Gasteiger partial charge < -0.3 is 0 Å². The van der Waals surface area contributed by atoms with Crippen LogP contribution in [0.25, 0.3) is 0 Å². The Labute approximate surface area is 80.8 Å². The summed E-state index contributed by atoms with van der Waals surface area (Å²) in [6.45, 7) is 8.88. The van der Waals surface area contributed by atoms with Gasteiger partial charge in [-0.05, 0) is 30.8 Å². The number of rotatable bonds is 0. The van der Waals surface area contributed by atoms with Crippen molar-refractivity contribution >= 4 is 0 Å². The molecule has 0 bridgehead atoms. The highest BCUT2D eigenvalue weighted by Crippen LogP contribution is 2.37. The van der Waals surface area contributed by atoms with E-state index < -0.39 is 0 Å². The first-order chi connectivity index (χ1) is 5.95. The van der Waals surface area contributed by atoms with E-state index in [-0.39, 0.29) is 0 Å². The van der Waals surface area contributed by atoms with Crippen molar-refractivity contribution in [3.8, 4) is 6.07 Å². The SMILES string of the molecule is CC1=CC(C#N)=CCC1C(C)(C)C. The first kappa shape index (κ1) is 10.1. The Morgan fingerprint density at radius 2 is 2.08 bits per heavy atom. The van der Waals surface area contributed by atoms with Crippen LogP contribution in [0.4, 0.5) is 0 Å². The molecule has 1 unspecified atom stereocenters. The van der Waals surface area contributed by atoms with Crippen molar-refractivity contribution in [1.82, 2.24) is 0 Å². The van der Waals surface area contributed by atoms with Crippen LogP contribution in [0.1, 0.15) is 34.1 Å². The number of nitriles is 1. The van der Waals surface area contributed by atoms with Crippen molar-refractivity contribution in [2.45, 2.75) is 34.1 Å². The van der Waals surface area contributed by atoms with Crippen molar-refractivity contribution in [2.24, 2.45) is 11.3 Å². The Morgan fingerprint density at radius 1 is 1.46 bits per heavy atom. The zero-order chi connectivity index (χ0) is 10.1. The molecule has 0 aromatic carbocycles. The maximum atomic E-state index is 8.73. The normalized spacial score (nSPS) is 23.2. The van der Waals surface area contributed by atoms with Crippen LogP contribution in [0.15, 0.2) is 23.3 Å². The molecule has 1 nitrogen and oxygen atoms in total. The Morgan fingerprint density at radius 3 is 2.46 bits per heavy atom. The standard InChI is InChI=1S/C12H17N/c1-9-7-10(8-13)5-6-11(9)12(2,3)4/h5,7,11H,6H2,1-4H3. The molecule has 1 aliphatic rings. The minimum absolute atomic E-state index is 0.304. The fourth-order valence-corrected chi connectivity index (χ4v) is 1.95.